The van der Waals surface area contributed by atoms with Gasteiger partial charge in [-0.05, 0) is 40.8 Å². The monoisotopic (exact) mass is 342 g/mol. The third kappa shape index (κ3) is 1.67. The van der Waals surface area contributed by atoms with E-state index in [2.05, 4.69) is 32.7 Å². The SMILES string of the molecule is Nc1ccc2nc(-n3cc(I)cn3)sc2c1. The van der Waals surface area contributed by atoms with Crippen molar-refractivity contribution in [1.82, 2.24) is 14.8 Å². The number of anilines is 1. The van der Waals surface area contributed by atoms with E-state index in [1.54, 1.807) is 22.2 Å². The van der Waals surface area contributed by atoms with Crippen molar-refractivity contribution in [3.8, 4) is 5.13 Å². The van der Waals surface area contributed by atoms with Crippen LogP contribution in [0, 0.1) is 3.57 Å². The minimum absolute atomic E-state index is 0.762. The molecule has 16 heavy (non-hydrogen) atoms. The average molecular weight is 342 g/mol. The minimum Gasteiger partial charge on any atom is -0.399 e. The molecule has 6 heteroatoms. The van der Waals surface area contributed by atoms with Crippen molar-refractivity contribution in [1.29, 1.82) is 0 Å². The number of thiazole rings is 1. The Labute approximate surface area is 109 Å². The maximum atomic E-state index is 5.73. The van der Waals surface area contributed by atoms with Crippen molar-refractivity contribution in [3.63, 3.8) is 0 Å². The maximum absolute atomic E-state index is 5.73. The molecular weight excluding hydrogens is 335 g/mol. The van der Waals surface area contributed by atoms with Crippen LogP contribution in [0.3, 0.4) is 0 Å². The van der Waals surface area contributed by atoms with Gasteiger partial charge in [-0.1, -0.05) is 11.3 Å². The topological polar surface area (TPSA) is 56.7 Å². The summed E-state index contributed by atoms with van der Waals surface area (Å²) in [7, 11) is 0. The molecule has 0 aliphatic carbocycles. The Morgan fingerprint density at radius 2 is 2.25 bits per heavy atom. The van der Waals surface area contributed by atoms with Gasteiger partial charge in [-0.2, -0.15) is 5.10 Å². The number of nitrogens with two attached hydrogens (primary N) is 1. The molecule has 2 N–H and O–H groups in total. The van der Waals surface area contributed by atoms with Crippen LogP contribution in [0.1, 0.15) is 0 Å². The summed E-state index contributed by atoms with van der Waals surface area (Å²) in [6, 6.07) is 5.72. The molecular formula is C10H7IN4S. The largest absolute Gasteiger partial charge is 0.399 e. The van der Waals surface area contributed by atoms with Crippen molar-refractivity contribution in [3.05, 3.63) is 34.2 Å². The number of rotatable bonds is 1. The van der Waals surface area contributed by atoms with Gasteiger partial charge in [0.15, 0.2) is 0 Å². The Morgan fingerprint density at radius 1 is 1.38 bits per heavy atom. The lowest BCUT2D eigenvalue weighted by Crippen LogP contribution is -1.91. The molecule has 0 radical (unpaired) electrons. The molecule has 0 unspecified atom stereocenters. The van der Waals surface area contributed by atoms with Crippen molar-refractivity contribution in [2.45, 2.75) is 0 Å². The van der Waals surface area contributed by atoms with Gasteiger partial charge in [0.2, 0.25) is 5.13 Å². The summed E-state index contributed by atoms with van der Waals surface area (Å²) < 4.78 is 3.96. The van der Waals surface area contributed by atoms with Crippen LogP contribution in [-0.2, 0) is 0 Å². The van der Waals surface area contributed by atoms with E-state index in [0.29, 0.717) is 0 Å². The van der Waals surface area contributed by atoms with E-state index in [-0.39, 0.29) is 0 Å². The second-order valence-electron chi connectivity index (χ2n) is 3.33. The van der Waals surface area contributed by atoms with Crippen LogP contribution in [0.5, 0.6) is 0 Å². The molecule has 0 fully saturated rings. The Hall–Kier alpha value is -1.15. The lowest BCUT2D eigenvalue weighted by Gasteiger charge is -1.90. The highest BCUT2D eigenvalue weighted by Crippen LogP contribution is 2.26. The minimum atomic E-state index is 0.762. The van der Waals surface area contributed by atoms with Crippen molar-refractivity contribution >= 4 is 49.8 Å². The van der Waals surface area contributed by atoms with E-state index in [0.717, 1.165) is 24.6 Å². The molecule has 0 aliphatic rings. The molecule has 0 spiro atoms. The van der Waals surface area contributed by atoms with Gasteiger partial charge in [0, 0.05) is 11.9 Å². The Kier molecular flexibility index (Phi) is 2.32. The number of hydrogen-bond donors (Lipinski definition) is 1. The van der Waals surface area contributed by atoms with Crippen molar-refractivity contribution in [2.75, 3.05) is 5.73 Å². The van der Waals surface area contributed by atoms with Gasteiger partial charge in [-0.15, -0.1) is 0 Å². The van der Waals surface area contributed by atoms with Crippen LogP contribution in [0.2, 0.25) is 0 Å². The molecule has 0 atom stereocenters. The molecule has 0 bridgehead atoms. The molecule has 0 aliphatic heterocycles. The summed E-state index contributed by atoms with van der Waals surface area (Å²) in [5, 5.41) is 5.09. The molecule has 4 nitrogen and oxygen atoms in total. The zero-order valence-corrected chi connectivity index (χ0v) is 11.1. The zero-order chi connectivity index (χ0) is 11.1. The summed E-state index contributed by atoms with van der Waals surface area (Å²) >= 11 is 3.81. The van der Waals surface area contributed by atoms with Gasteiger partial charge in [0.1, 0.15) is 0 Å². The van der Waals surface area contributed by atoms with Gasteiger partial charge in [0.25, 0.3) is 0 Å². The molecule has 0 saturated carbocycles. The number of hydrogen-bond acceptors (Lipinski definition) is 4. The summed E-state index contributed by atoms with van der Waals surface area (Å²) in [6.07, 6.45) is 3.75. The first-order valence-corrected chi connectivity index (χ1v) is 6.48. The van der Waals surface area contributed by atoms with E-state index in [1.165, 1.54) is 0 Å². The summed E-state index contributed by atoms with van der Waals surface area (Å²) in [6.45, 7) is 0. The smallest absolute Gasteiger partial charge is 0.211 e. The molecule has 2 aromatic heterocycles. The number of nitrogens with zero attached hydrogens (tertiary/aromatic N) is 3. The maximum Gasteiger partial charge on any atom is 0.211 e. The number of fused-ring (bicyclic) bond motifs is 1. The molecule has 1 aromatic carbocycles. The van der Waals surface area contributed by atoms with E-state index in [9.17, 15) is 0 Å². The third-order valence-electron chi connectivity index (χ3n) is 2.15. The van der Waals surface area contributed by atoms with Gasteiger partial charge < -0.3 is 5.73 Å². The first kappa shape index (κ1) is 10.0. The van der Waals surface area contributed by atoms with Crippen LogP contribution >= 0.6 is 33.9 Å². The highest BCUT2D eigenvalue weighted by atomic mass is 127. The van der Waals surface area contributed by atoms with Gasteiger partial charge in [-0.3, -0.25) is 0 Å². The lowest BCUT2D eigenvalue weighted by molar-refractivity contribution is 0.873. The van der Waals surface area contributed by atoms with Crippen LogP contribution in [0.4, 0.5) is 5.69 Å². The zero-order valence-electron chi connectivity index (χ0n) is 8.09. The highest BCUT2D eigenvalue weighted by Gasteiger charge is 2.06. The first-order chi connectivity index (χ1) is 7.72. The standard InChI is InChI=1S/C10H7IN4S/c11-6-4-13-15(5-6)10-14-8-2-1-7(12)3-9(8)16-10/h1-5H,12H2. The highest BCUT2D eigenvalue weighted by molar-refractivity contribution is 14.1. The summed E-state index contributed by atoms with van der Waals surface area (Å²) in [4.78, 5) is 4.50. The van der Waals surface area contributed by atoms with Gasteiger partial charge >= 0.3 is 0 Å². The second kappa shape index (κ2) is 3.70. The molecule has 0 amide bonds. The molecule has 80 valence electrons. The molecule has 3 rings (SSSR count). The summed E-state index contributed by atoms with van der Waals surface area (Å²) in [5.41, 5.74) is 7.45. The average Bonchev–Trinajstić information content (AvgIpc) is 2.83. The third-order valence-corrected chi connectivity index (χ3v) is 3.71. The number of benzene rings is 1. The Morgan fingerprint density at radius 3 is 3.00 bits per heavy atom. The van der Waals surface area contributed by atoms with Gasteiger partial charge in [-0.25, -0.2) is 9.67 Å². The van der Waals surface area contributed by atoms with Crippen LogP contribution in [-0.4, -0.2) is 14.8 Å². The van der Waals surface area contributed by atoms with Crippen LogP contribution in [0.15, 0.2) is 30.6 Å². The van der Waals surface area contributed by atoms with Crippen molar-refractivity contribution in [2.24, 2.45) is 0 Å². The van der Waals surface area contributed by atoms with Crippen molar-refractivity contribution < 1.29 is 0 Å². The first-order valence-electron chi connectivity index (χ1n) is 4.59. The number of aromatic nitrogens is 3. The van der Waals surface area contributed by atoms with E-state index >= 15 is 0 Å². The second-order valence-corrected chi connectivity index (χ2v) is 5.58. The molecule has 3 aromatic rings. The van der Waals surface area contributed by atoms with Crippen LogP contribution < -0.4 is 5.73 Å². The predicted octanol–water partition coefficient (Wildman–Crippen LogP) is 2.67. The fourth-order valence-electron chi connectivity index (χ4n) is 1.43. The van der Waals surface area contributed by atoms with E-state index in [4.69, 9.17) is 5.73 Å². The van der Waals surface area contributed by atoms with Gasteiger partial charge in [0.05, 0.1) is 20.0 Å². The summed E-state index contributed by atoms with van der Waals surface area (Å²) in [5.74, 6) is 0. The van der Waals surface area contributed by atoms with Crippen LogP contribution in [0.25, 0.3) is 15.3 Å². The quantitative estimate of drug-likeness (QED) is 0.546. The molecule has 2 heterocycles. The Bertz CT molecular complexity index is 658. The molecule has 0 saturated heterocycles. The Balaban J connectivity index is 2.18. The number of nitrogen functional groups attached to an aromatic ring is 1. The fraction of sp³-hybridized carbons (Fsp3) is 0. The van der Waals surface area contributed by atoms with E-state index in [1.807, 2.05) is 24.4 Å². The lowest BCUT2D eigenvalue weighted by atomic mass is 10.3. The predicted molar refractivity (Wildman–Crippen MR) is 73.9 cm³/mol. The normalized spacial score (nSPS) is 11.1. The number of halogens is 1. The van der Waals surface area contributed by atoms with E-state index < -0.39 is 0 Å². The fourth-order valence-corrected chi connectivity index (χ4v) is 2.77.